The second-order valence-electron chi connectivity index (χ2n) is 7.00. The number of nitro benzene ring substituents is 1. The molecule has 0 spiro atoms. The van der Waals surface area contributed by atoms with Crippen LogP contribution in [0.25, 0.3) is 10.9 Å². The summed E-state index contributed by atoms with van der Waals surface area (Å²) in [6.07, 6.45) is 1.63. The Morgan fingerprint density at radius 2 is 1.81 bits per heavy atom. The number of benzene rings is 2. The summed E-state index contributed by atoms with van der Waals surface area (Å²) in [7, 11) is 0. The average molecular weight is 456 g/mol. The highest BCUT2D eigenvalue weighted by Gasteiger charge is 2.24. The zero-order valence-electron chi connectivity index (χ0n) is 16.3. The van der Waals surface area contributed by atoms with Crippen molar-refractivity contribution in [1.29, 1.82) is 0 Å². The minimum atomic E-state index is -0.395. The number of fused-ring (bicyclic) bond motifs is 1. The van der Waals surface area contributed by atoms with Crippen LogP contribution in [0.3, 0.4) is 0 Å². The van der Waals surface area contributed by atoms with Gasteiger partial charge in [-0.2, -0.15) is 0 Å². The molecule has 2 aromatic carbocycles. The summed E-state index contributed by atoms with van der Waals surface area (Å²) in [5, 5.41) is 15.5. The molecule has 1 aromatic heterocycles. The number of nitrogens with zero attached hydrogens (tertiary/aromatic N) is 4. The molecule has 8 nitrogen and oxygen atoms in total. The minimum absolute atomic E-state index is 0.0385. The van der Waals surface area contributed by atoms with Crippen molar-refractivity contribution in [2.45, 2.75) is 0 Å². The second-order valence-corrected chi connectivity index (χ2v) is 7.82. The summed E-state index contributed by atoms with van der Waals surface area (Å²) in [5.41, 5.74) is 1.96. The molecule has 1 N–H and O–H groups in total. The number of non-ortho nitro benzene ring substituents is 1. The molecule has 31 heavy (non-hydrogen) atoms. The number of pyridine rings is 1. The van der Waals surface area contributed by atoms with Gasteiger partial charge >= 0.3 is 0 Å². The number of carbonyl (C=O) groups is 1. The Hall–Kier alpha value is -3.30. The fourth-order valence-electron chi connectivity index (χ4n) is 3.56. The predicted molar refractivity (Wildman–Crippen MR) is 124 cm³/mol. The van der Waals surface area contributed by atoms with Gasteiger partial charge in [0.15, 0.2) is 5.11 Å². The minimum Gasteiger partial charge on any atom is -0.366 e. The number of rotatable bonds is 3. The van der Waals surface area contributed by atoms with E-state index in [1.165, 1.54) is 6.07 Å². The summed E-state index contributed by atoms with van der Waals surface area (Å²) >= 11 is 11.3. The van der Waals surface area contributed by atoms with E-state index in [2.05, 4.69) is 15.2 Å². The number of anilines is 1. The molecule has 0 saturated carbocycles. The molecule has 3 aromatic rings. The number of carbonyl (C=O) groups excluding carboxylic acids is 1. The van der Waals surface area contributed by atoms with Gasteiger partial charge in [-0.15, -0.1) is 0 Å². The first kappa shape index (κ1) is 21.0. The van der Waals surface area contributed by atoms with Gasteiger partial charge in [-0.05, 0) is 54.7 Å². The molecule has 0 radical (unpaired) electrons. The lowest BCUT2D eigenvalue weighted by molar-refractivity contribution is -0.383. The van der Waals surface area contributed by atoms with Crippen molar-refractivity contribution in [2.75, 3.05) is 31.1 Å². The largest absolute Gasteiger partial charge is 0.366 e. The number of hydrogen-bond acceptors (Lipinski definition) is 6. The lowest BCUT2D eigenvalue weighted by Gasteiger charge is -2.37. The maximum atomic E-state index is 12.4. The Balaban J connectivity index is 1.43. The summed E-state index contributed by atoms with van der Waals surface area (Å²) in [4.78, 5) is 31.8. The third-order valence-corrected chi connectivity index (χ3v) is 5.77. The van der Waals surface area contributed by atoms with E-state index in [1.54, 1.807) is 48.7 Å². The van der Waals surface area contributed by atoms with Crippen LogP contribution in [0.15, 0.2) is 54.7 Å². The molecule has 0 bridgehead atoms. The van der Waals surface area contributed by atoms with Crippen LogP contribution in [-0.2, 0) is 0 Å². The zero-order valence-corrected chi connectivity index (χ0v) is 17.9. The highest BCUT2D eigenvalue weighted by molar-refractivity contribution is 7.80. The molecule has 1 aliphatic rings. The van der Waals surface area contributed by atoms with Crippen LogP contribution < -0.4 is 10.2 Å². The van der Waals surface area contributed by atoms with Gasteiger partial charge in [0.2, 0.25) is 0 Å². The lowest BCUT2D eigenvalue weighted by atomic mass is 10.1. The number of nitrogens with one attached hydrogen (secondary N) is 1. The first-order chi connectivity index (χ1) is 14.9. The van der Waals surface area contributed by atoms with Crippen LogP contribution in [0.1, 0.15) is 10.4 Å². The van der Waals surface area contributed by atoms with Crippen molar-refractivity contribution in [2.24, 2.45) is 0 Å². The smallest absolute Gasteiger partial charge is 0.278 e. The summed E-state index contributed by atoms with van der Waals surface area (Å²) in [5.74, 6) is -0.283. The maximum absolute atomic E-state index is 12.4. The van der Waals surface area contributed by atoms with E-state index in [9.17, 15) is 14.9 Å². The van der Waals surface area contributed by atoms with Crippen molar-refractivity contribution in [3.05, 3.63) is 75.4 Å². The Morgan fingerprint density at radius 1 is 1.10 bits per heavy atom. The maximum Gasteiger partial charge on any atom is 0.278 e. The average Bonchev–Trinajstić information content (AvgIpc) is 2.78. The molecule has 0 atom stereocenters. The standard InChI is InChI=1S/C21H18ClN5O3S/c22-15-5-3-14(4-6-15)20(28)24-21(31)26-12-10-25(11-13-26)18-8-7-17(27(29)30)16-2-1-9-23-19(16)18/h1-9H,10-13H2,(H,24,28,31). The van der Waals surface area contributed by atoms with Crippen LogP contribution >= 0.6 is 23.8 Å². The van der Waals surface area contributed by atoms with E-state index in [0.717, 1.165) is 5.69 Å². The van der Waals surface area contributed by atoms with E-state index in [-0.39, 0.29) is 11.6 Å². The van der Waals surface area contributed by atoms with E-state index >= 15 is 0 Å². The van der Waals surface area contributed by atoms with Crippen LogP contribution in [0.5, 0.6) is 0 Å². The summed E-state index contributed by atoms with van der Waals surface area (Å²) in [6, 6.07) is 13.3. The lowest BCUT2D eigenvalue weighted by Crippen LogP contribution is -2.52. The Bertz CT molecular complexity index is 1160. The van der Waals surface area contributed by atoms with Crippen LogP contribution in [0, 0.1) is 10.1 Å². The van der Waals surface area contributed by atoms with Crippen molar-refractivity contribution >= 4 is 57.1 Å². The second kappa shape index (κ2) is 8.83. The van der Waals surface area contributed by atoms with E-state index < -0.39 is 4.92 Å². The molecule has 1 fully saturated rings. The van der Waals surface area contributed by atoms with Gasteiger partial charge in [-0.25, -0.2) is 0 Å². The SMILES string of the molecule is O=C(NC(=S)N1CCN(c2ccc([N+](=O)[O-])c3cccnc23)CC1)c1ccc(Cl)cc1. The van der Waals surface area contributed by atoms with Crippen LogP contribution in [-0.4, -0.2) is 52.0 Å². The molecule has 1 aliphatic heterocycles. The van der Waals surface area contributed by atoms with Gasteiger partial charge in [0.1, 0.15) is 5.52 Å². The molecule has 4 rings (SSSR count). The Morgan fingerprint density at radius 3 is 2.48 bits per heavy atom. The number of hydrogen-bond donors (Lipinski definition) is 1. The van der Waals surface area contributed by atoms with Gasteiger partial charge in [0.25, 0.3) is 11.6 Å². The molecule has 158 valence electrons. The van der Waals surface area contributed by atoms with Gasteiger partial charge in [-0.3, -0.25) is 25.2 Å². The molecule has 0 aliphatic carbocycles. The molecule has 1 saturated heterocycles. The molecule has 1 amide bonds. The molecule has 10 heteroatoms. The Kier molecular flexibility index (Phi) is 5.97. The van der Waals surface area contributed by atoms with Crippen molar-refractivity contribution in [1.82, 2.24) is 15.2 Å². The molecular weight excluding hydrogens is 438 g/mol. The zero-order chi connectivity index (χ0) is 22.0. The van der Waals surface area contributed by atoms with Gasteiger partial charge < -0.3 is 9.80 Å². The third kappa shape index (κ3) is 4.42. The molecule has 0 unspecified atom stereocenters. The number of amides is 1. The van der Waals surface area contributed by atoms with Crippen LogP contribution in [0.2, 0.25) is 5.02 Å². The normalized spacial score (nSPS) is 13.8. The number of aromatic nitrogens is 1. The quantitative estimate of drug-likeness (QED) is 0.366. The highest BCUT2D eigenvalue weighted by atomic mass is 35.5. The number of halogens is 1. The Labute approximate surface area is 188 Å². The van der Waals surface area contributed by atoms with Gasteiger partial charge in [0, 0.05) is 49.0 Å². The van der Waals surface area contributed by atoms with Gasteiger partial charge in [0.05, 0.1) is 16.0 Å². The molecule has 2 heterocycles. The van der Waals surface area contributed by atoms with E-state index in [1.807, 2.05) is 4.90 Å². The topological polar surface area (TPSA) is 91.6 Å². The van der Waals surface area contributed by atoms with Crippen molar-refractivity contribution in [3.63, 3.8) is 0 Å². The summed E-state index contributed by atoms with van der Waals surface area (Å²) < 4.78 is 0. The highest BCUT2D eigenvalue weighted by Crippen LogP contribution is 2.32. The van der Waals surface area contributed by atoms with Crippen molar-refractivity contribution < 1.29 is 9.72 Å². The fraction of sp³-hybridized carbons (Fsp3) is 0.190. The summed E-state index contributed by atoms with van der Waals surface area (Å²) in [6.45, 7) is 2.48. The first-order valence-corrected chi connectivity index (χ1v) is 10.4. The van der Waals surface area contributed by atoms with Crippen LogP contribution in [0.4, 0.5) is 11.4 Å². The third-order valence-electron chi connectivity index (χ3n) is 5.16. The van der Waals surface area contributed by atoms with Crippen molar-refractivity contribution in [3.8, 4) is 0 Å². The first-order valence-electron chi connectivity index (χ1n) is 9.57. The number of piperazine rings is 1. The predicted octanol–water partition coefficient (Wildman–Crippen LogP) is 3.63. The van der Waals surface area contributed by atoms with E-state index in [0.29, 0.717) is 52.8 Å². The number of nitro groups is 1. The van der Waals surface area contributed by atoms with Gasteiger partial charge in [-0.1, -0.05) is 11.6 Å². The monoisotopic (exact) mass is 455 g/mol. The molecular formula is C21H18ClN5O3S. The fourth-order valence-corrected chi connectivity index (χ4v) is 3.96. The van der Waals surface area contributed by atoms with E-state index in [4.69, 9.17) is 23.8 Å². The number of thiocarbonyl (C=S) groups is 1.